The van der Waals surface area contributed by atoms with Crippen molar-refractivity contribution in [2.45, 2.75) is 26.7 Å². The molecule has 0 saturated heterocycles. The molecule has 1 aromatic rings. The van der Waals surface area contributed by atoms with E-state index in [0.29, 0.717) is 0 Å². The van der Waals surface area contributed by atoms with Crippen LogP contribution < -0.4 is 9.47 Å². The van der Waals surface area contributed by atoms with Gasteiger partial charge in [-0.1, -0.05) is 26.0 Å². The van der Waals surface area contributed by atoms with Crippen molar-refractivity contribution in [2.75, 3.05) is 7.11 Å². The summed E-state index contributed by atoms with van der Waals surface area (Å²) in [6, 6.07) is 7.48. The molecule has 14 heavy (non-hydrogen) atoms. The van der Waals surface area contributed by atoms with Crippen LogP contribution in [0.15, 0.2) is 24.3 Å². The largest absolute Gasteiger partial charge is 0.426 e. The molecular formula is C11H16O3. The van der Waals surface area contributed by atoms with E-state index in [1.165, 1.54) is 0 Å². The summed E-state index contributed by atoms with van der Waals surface area (Å²) in [5, 5.41) is 0. The zero-order chi connectivity index (χ0) is 10.6. The third-order valence-electron chi connectivity index (χ3n) is 1.81. The molecule has 1 aromatic carbocycles. The summed E-state index contributed by atoms with van der Waals surface area (Å²) in [5.74, 6) is 0.493. The molecule has 0 aliphatic carbocycles. The Bertz CT molecular complexity index is 271. The SMILES string of the molecule is CC.COC1(C)Oc2ccccc2O1. The molecule has 3 heteroatoms. The van der Waals surface area contributed by atoms with E-state index in [9.17, 15) is 0 Å². The Hall–Kier alpha value is -1.22. The van der Waals surface area contributed by atoms with Gasteiger partial charge in [0.15, 0.2) is 11.5 Å². The Kier molecular flexibility index (Phi) is 3.36. The fraction of sp³-hybridized carbons (Fsp3) is 0.455. The van der Waals surface area contributed by atoms with Gasteiger partial charge in [-0.3, -0.25) is 0 Å². The molecule has 0 fully saturated rings. The zero-order valence-corrected chi connectivity index (χ0v) is 9.03. The molecule has 0 spiro atoms. The Labute approximate surface area is 84.6 Å². The summed E-state index contributed by atoms with van der Waals surface area (Å²) < 4.78 is 15.8. The van der Waals surface area contributed by atoms with Crippen LogP contribution in [0, 0.1) is 0 Å². The first-order chi connectivity index (χ1) is 6.73. The third-order valence-corrected chi connectivity index (χ3v) is 1.81. The molecule has 2 rings (SSSR count). The predicted molar refractivity (Wildman–Crippen MR) is 54.5 cm³/mol. The van der Waals surface area contributed by atoms with Crippen molar-refractivity contribution in [1.82, 2.24) is 0 Å². The number of rotatable bonds is 1. The number of fused-ring (bicyclic) bond motifs is 1. The zero-order valence-electron chi connectivity index (χ0n) is 9.03. The molecule has 0 unspecified atom stereocenters. The summed E-state index contributed by atoms with van der Waals surface area (Å²) in [7, 11) is 1.55. The Morgan fingerprint density at radius 2 is 1.50 bits per heavy atom. The second kappa shape index (κ2) is 4.33. The van der Waals surface area contributed by atoms with E-state index in [1.54, 1.807) is 14.0 Å². The quantitative estimate of drug-likeness (QED) is 0.691. The standard InChI is InChI=1S/C9H10O3.C2H6/c1-9(10-2)11-7-5-3-4-6-8(7)12-9;1-2/h3-6H,1-2H3;1-2H3. The van der Waals surface area contributed by atoms with Crippen molar-refractivity contribution < 1.29 is 14.2 Å². The number of hydrogen-bond acceptors (Lipinski definition) is 3. The van der Waals surface area contributed by atoms with Gasteiger partial charge in [-0.25, -0.2) is 0 Å². The van der Waals surface area contributed by atoms with Crippen LogP contribution in [-0.4, -0.2) is 13.1 Å². The van der Waals surface area contributed by atoms with Crippen molar-refractivity contribution in [3.8, 4) is 11.5 Å². The van der Waals surface area contributed by atoms with Crippen LogP contribution in [0.25, 0.3) is 0 Å². The van der Waals surface area contributed by atoms with Gasteiger partial charge in [0.2, 0.25) is 0 Å². The fourth-order valence-corrected chi connectivity index (χ4v) is 1.12. The van der Waals surface area contributed by atoms with Crippen LogP contribution in [0.2, 0.25) is 0 Å². The van der Waals surface area contributed by atoms with E-state index in [-0.39, 0.29) is 0 Å². The fourth-order valence-electron chi connectivity index (χ4n) is 1.12. The van der Waals surface area contributed by atoms with Gasteiger partial charge in [0.25, 0.3) is 0 Å². The van der Waals surface area contributed by atoms with E-state index in [2.05, 4.69) is 0 Å². The Balaban J connectivity index is 0.000000461. The van der Waals surface area contributed by atoms with Gasteiger partial charge in [0.05, 0.1) is 0 Å². The topological polar surface area (TPSA) is 27.7 Å². The molecule has 78 valence electrons. The first-order valence-electron chi connectivity index (χ1n) is 4.76. The summed E-state index contributed by atoms with van der Waals surface area (Å²) in [6.07, 6.45) is 0. The molecule has 0 amide bonds. The third kappa shape index (κ3) is 1.99. The second-order valence-electron chi connectivity index (χ2n) is 2.72. The van der Waals surface area contributed by atoms with Crippen LogP contribution in [0.4, 0.5) is 0 Å². The van der Waals surface area contributed by atoms with Crippen molar-refractivity contribution >= 4 is 0 Å². The second-order valence-corrected chi connectivity index (χ2v) is 2.72. The average Bonchev–Trinajstić information content (AvgIpc) is 2.58. The normalized spacial score (nSPS) is 15.7. The lowest BCUT2D eigenvalue weighted by Crippen LogP contribution is -2.36. The number of para-hydroxylation sites is 2. The van der Waals surface area contributed by atoms with Gasteiger partial charge >= 0.3 is 5.97 Å². The van der Waals surface area contributed by atoms with E-state index in [4.69, 9.17) is 14.2 Å². The van der Waals surface area contributed by atoms with Crippen molar-refractivity contribution in [1.29, 1.82) is 0 Å². The summed E-state index contributed by atoms with van der Waals surface area (Å²) in [6.45, 7) is 5.73. The first kappa shape index (κ1) is 10.9. The van der Waals surface area contributed by atoms with Gasteiger partial charge in [-0.2, -0.15) is 0 Å². The Morgan fingerprint density at radius 1 is 1.07 bits per heavy atom. The maximum Gasteiger partial charge on any atom is 0.368 e. The molecule has 0 radical (unpaired) electrons. The van der Waals surface area contributed by atoms with Crippen LogP contribution in [0.1, 0.15) is 20.8 Å². The lowest BCUT2D eigenvalue weighted by molar-refractivity contribution is -0.254. The van der Waals surface area contributed by atoms with Crippen molar-refractivity contribution in [3.05, 3.63) is 24.3 Å². The summed E-state index contributed by atoms with van der Waals surface area (Å²) in [4.78, 5) is 0. The highest BCUT2D eigenvalue weighted by molar-refractivity contribution is 5.42. The molecular weight excluding hydrogens is 180 g/mol. The van der Waals surface area contributed by atoms with Gasteiger partial charge < -0.3 is 14.2 Å². The van der Waals surface area contributed by atoms with Crippen LogP contribution >= 0.6 is 0 Å². The van der Waals surface area contributed by atoms with E-state index >= 15 is 0 Å². The van der Waals surface area contributed by atoms with Crippen molar-refractivity contribution in [2.24, 2.45) is 0 Å². The number of hydrogen-bond donors (Lipinski definition) is 0. The van der Waals surface area contributed by atoms with Gasteiger partial charge in [0.1, 0.15) is 0 Å². The molecule has 0 atom stereocenters. The lowest BCUT2D eigenvalue weighted by Gasteiger charge is -2.19. The average molecular weight is 196 g/mol. The summed E-state index contributed by atoms with van der Waals surface area (Å²) in [5.41, 5.74) is 0. The maximum atomic E-state index is 5.40. The monoisotopic (exact) mass is 196 g/mol. The smallest absolute Gasteiger partial charge is 0.368 e. The summed E-state index contributed by atoms with van der Waals surface area (Å²) >= 11 is 0. The van der Waals surface area contributed by atoms with Crippen LogP contribution in [0.3, 0.4) is 0 Å². The highest BCUT2D eigenvalue weighted by atomic mass is 16.9. The van der Waals surface area contributed by atoms with Gasteiger partial charge in [0, 0.05) is 14.0 Å². The lowest BCUT2D eigenvalue weighted by atomic mass is 10.3. The van der Waals surface area contributed by atoms with E-state index in [1.807, 2.05) is 38.1 Å². The van der Waals surface area contributed by atoms with Gasteiger partial charge in [-0.15, -0.1) is 0 Å². The van der Waals surface area contributed by atoms with Crippen LogP contribution in [-0.2, 0) is 4.74 Å². The molecule has 1 aliphatic rings. The minimum Gasteiger partial charge on any atom is -0.426 e. The predicted octanol–water partition coefficient (Wildman–Crippen LogP) is 2.80. The first-order valence-corrected chi connectivity index (χ1v) is 4.76. The number of methoxy groups -OCH3 is 1. The molecule has 0 bridgehead atoms. The molecule has 3 nitrogen and oxygen atoms in total. The maximum absolute atomic E-state index is 5.40. The van der Waals surface area contributed by atoms with Crippen molar-refractivity contribution in [3.63, 3.8) is 0 Å². The van der Waals surface area contributed by atoms with Gasteiger partial charge in [-0.05, 0) is 12.1 Å². The van der Waals surface area contributed by atoms with E-state index in [0.717, 1.165) is 11.5 Å². The Morgan fingerprint density at radius 3 is 1.86 bits per heavy atom. The van der Waals surface area contributed by atoms with E-state index < -0.39 is 5.97 Å². The number of ether oxygens (including phenoxy) is 3. The minimum atomic E-state index is -0.955. The molecule has 0 aromatic heterocycles. The molecule has 0 N–H and O–H groups in total. The van der Waals surface area contributed by atoms with Crippen LogP contribution in [0.5, 0.6) is 11.5 Å². The molecule has 0 saturated carbocycles. The number of benzene rings is 1. The molecule has 1 heterocycles. The minimum absolute atomic E-state index is 0.724. The molecule has 1 aliphatic heterocycles. The highest BCUT2D eigenvalue weighted by Gasteiger charge is 2.36. The highest BCUT2D eigenvalue weighted by Crippen LogP contribution is 2.38.